The first kappa shape index (κ1) is 13.0. The van der Waals surface area contributed by atoms with Gasteiger partial charge in [-0.05, 0) is 28.1 Å². The van der Waals surface area contributed by atoms with Crippen molar-refractivity contribution in [2.24, 2.45) is 0 Å². The average molecular weight is 315 g/mol. The molecule has 0 radical (unpaired) electrons. The third-order valence-electron chi connectivity index (χ3n) is 2.76. The van der Waals surface area contributed by atoms with E-state index in [0.717, 1.165) is 4.90 Å². The third kappa shape index (κ3) is 2.51. The lowest BCUT2D eigenvalue weighted by atomic mass is 10.2. The van der Waals surface area contributed by atoms with Crippen molar-refractivity contribution in [2.45, 2.75) is 18.6 Å². The SMILES string of the molecule is O=C(O)[C@@H]1CC(O)CN1C(=O)c1cccc(Br)n1. The number of aromatic nitrogens is 1. The molecule has 18 heavy (non-hydrogen) atoms. The predicted octanol–water partition coefficient (Wildman–Crippen LogP) is 0.504. The summed E-state index contributed by atoms with van der Waals surface area (Å²) in [6.45, 7) is 0.0179. The van der Waals surface area contributed by atoms with Gasteiger partial charge in [-0.25, -0.2) is 9.78 Å². The van der Waals surface area contributed by atoms with Crippen molar-refractivity contribution in [3.05, 3.63) is 28.5 Å². The second-order valence-corrected chi connectivity index (χ2v) is 4.86. The molecular formula is C11H11BrN2O4. The summed E-state index contributed by atoms with van der Waals surface area (Å²) >= 11 is 3.15. The van der Waals surface area contributed by atoms with Gasteiger partial charge in [-0.15, -0.1) is 0 Å². The van der Waals surface area contributed by atoms with Gasteiger partial charge in [0.15, 0.2) is 0 Å². The number of aliphatic hydroxyl groups excluding tert-OH is 1. The number of halogens is 1. The number of aliphatic carboxylic acids is 1. The molecule has 1 fully saturated rings. The van der Waals surface area contributed by atoms with Gasteiger partial charge < -0.3 is 15.1 Å². The number of hydrogen-bond acceptors (Lipinski definition) is 4. The van der Waals surface area contributed by atoms with Crippen molar-refractivity contribution in [1.82, 2.24) is 9.88 Å². The molecule has 0 aliphatic carbocycles. The fraction of sp³-hybridized carbons (Fsp3) is 0.364. The topological polar surface area (TPSA) is 90.7 Å². The molecule has 1 saturated heterocycles. The maximum atomic E-state index is 12.1. The van der Waals surface area contributed by atoms with E-state index >= 15 is 0 Å². The monoisotopic (exact) mass is 314 g/mol. The standard InChI is InChI=1S/C11H11BrN2O4/c12-9-3-1-2-7(13-9)10(16)14-5-6(15)4-8(14)11(17)18/h1-3,6,8,15H,4-5H2,(H,17,18)/t6?,8-/m0/s1. The lowest BCUT2D eigenvalue weighted by Crippen LogP contribution is -2.40. The maximum absolute atomic E-state index is 12.1. The summed E-state index contributed by atoms with van der Waals surface area (Å²) in [7, 11) is 0. The lowest BCUT2D eigenvalue weighted by molar-refractivity contribution is -0.141. The summed E-state index contributed by atoms with van der Waals surface area (Å²) in [6, 6.07) is 3.83. The van der Waals surface area contributed by atoms with Gasteiger partial charge in [-0.3, -0.25) is 4.79 Å². The molecule has 1 amide bonds. The van der Waals surface area contributed by atoms with Crippen molar-refractivity contribution < 1.29 is 19.8 Å². The fourth-order valence-corrected chi connectivity index (χ4v) is 2.29. The number of pyridine rings is 1. The van der Waals surface area contributed by atoms with Crippen LogP contribution in [0, 0.1) is 0 Å². The molecule has 0 aromatic carbocycles. The summed E-state index contributed by atoms with van der Waals surface area (Å²) in [5.41, 5.74) is 0.157. The van der Waals surface area contributed by atoms with E-state index in [1.54, 1.807) is 12.1 Å². The number of carboxylic acids is 1. The summed E-state index contributed by atoms with van der Waals surface area (Å²) in [5.74, 6) is -1.60. The van der Waals surface area contributed by atoms with Crippen LogP contribution in [-0.2, 0) is 4.79 Å². The molecule has 2 atom stereocenters. The van der Waals surface area contributed by atoms with Crippen LogP contribution in [0.1, 0.15) is 16.9 Å². The molecule has 1 aliphatic heterocycles. The van der Waals surface area contributed by atoms with Crippen molar-refractivity contribution in [2.75, 3.05) is 6.54 Å². The molecule has 2 heterocycles. The molecule has 96 valence electrons. The molecule has 1 aliphatic rings. The molecule has 1 aromatic rings. The van der Waals surface area contributed by atoms with Gasteiger partial charge in [0.1, 0.15) is 16.3 Å². The number of β-amino-alcohol motifs (C(OH)–C–C–N with tert-alkyl or cyclic N) is 1. The average Bonchev–Trinajstić information content (AvgIpc) is 2.70. The second-order valence-electron chi connectivity index (χ2n) is 4.05. The zero-order chi connectivity index (χ0) is 13.3. The van der Waals surface area contributed by atoms with Gasteiger partial charge in [0.25, 0.3) is 5.91 Å². The number of nitrogens with zero attached hydrogens (tertiary/aromatic N) is 2. The summed E-state index contributed by atoms with van der Waals surface area (Å²) in [6.07, 6.45) is -0.753. The van der Waals surface area contributed by atoms with Gasteiger partial charge in [-0.2, -0.15) is 0 Å². The van der Waals surface area contributed by atoms with Gasteiger partial charge in [0.2, 0.25) is 0 Å². The summed E-state index contributed by atoms with van der Waals surface area (Å²) in [5, 5.41) is 18.5. The van der Waals surface area contributed by atoms with Crippen LogP contribution in [0.3, 0.4) is 0 Å². The lowest BCUT2D eigenvalue weighted by Gasteiger charge is -2.20. The first-order chi connectivity index (χ1) is 8.49. The van der Waals surface area contributed by atoms with Gasteiger partial charge in [-0.1, -0.05) is 6.07 Å². The Bertz CT molecular complexity index is 494. The normalized spacial score (nSPS) is 23.1. The first-order valence-corrected chi connectivity index (χ1v) is 6.12. The van der Waals surface area contributed by atoms with Crippen LogP contribution in [-0.4, -0.2) is 50.7 Å². The smallest absolute Gasteiger partial charge is 0.326 e. The van der Waals surface area contributed by atoms with Crippen molar-refractivity contribution in [3.63, 3.8) is 0 Å². The number of carboxylic acid groups (broad SMARTS) is 1. The molecule has 0 bridgehead atoms. The zero-order valence-corrected chi connectivity index (χ0v) is 10.9. The number of aliphatic hydroxyl groups is 1. The Morgan fingerprint density at radius 3 is 2.78 bits per heavy atom. The minimum Gasteiger partial charge on any atom is -0.480 e. The van der Waals surface area contributed by atoms with Crippen LogP contribution in [0.2, 0.25) is 0 Å². The summed E-state index contributed by atoms with van der Waals surface area (Å²) < 4.78 is 0.500. The van der Waals surface area contributed by atoms with E-state index in [4.69, 9.17) is 5.11 Å². The largest absolute Gasteiger partial charge is 0.480 e. The number of carbonyl (C=O) groups excluding carboxylic acids is 1. The Hall–Kier alpha value is -1.47. The van der Waals surface area contributed by atoms with Crippen LogP contribution in [0.4, 0.5) is 0 Å². The highest BCUT2D eigenvalue weighted by atomic mass is 79.9. The van der Waals surface area contributed by atoms with E-state index in [9.17, 15) is 14.7 Å². The Morgan fingerprint density at radius 1 is 1.44 bits per heavy atom. The molecule has 1 aromatic heterocycles. The molecule has 2 N–H and O–H groups in total. The van der Waals surface area contributed by atoms with Crippen molar-refractivity contribution in [1.29, 1.82) is 0 Å². The van der Waals surface area contributed by atoms with E-state index in [1.807, 2.05) is 0 Å². The highest BCUT2D eigenvalue weighted by Gasteiger charge is 2.39. The van der Waals surface area contributed by atoms with Gasteiger partial charge in [0.05, 0.1) is 6.10 Å². The van der Waals surface area contributed by atoms with Crippen LogP contribution >= 0.6 is 15.9 Å². The number of rotatable bonds is 2. The van der Waals surface area contributed by atoms with E-state index in [-0.39, 0.29) is 18.7 Å². The Kier molecular flexibility index (Phi) is 3.63. The van der Waals surface area contributed by atoms with Crippen LogP contribution < -0.4 is 0 Å². The first-order valence-electron chi connectivity index (χ1n) is 5.33. The highest BCUT2D eigenvalue weighted by Crippen LogP contribution is 2.20. The van der Waals surface area contributed by atoms with Crippen LogP contribution in [0.5, 0.6) is 0 Å². The quantitative estimate of drug-likeness (QED) is 0.776. The molecule has 2 rings (SSSR count). The number of hydrogen-bond donors (Lipinski definition) is 2. The Balaban J connectivity index is 2.25. The van der Waals surface area contributed by atoms with E-state index in [1.165, 1.54) is 6.07 Å². The highest BCUT2D eigenvalue weighted by molar-refractivity contribution is 9.10. The number of amides is 1. The van der Waals surface area contributed by atoms with Gasteiger partial charge in [0, 0.05) is 13.0 Å². The van der Waals surface area contributed by atoms with Gasteiger partial charge >= 0.3 is 5.97 Å². The van der Waals surface area contributed by atoms with E-state index in [2.05, 4.69) is 20.9 Å². The summed E-state index contributed by atoms with van der Waals surface area (Å²) in [4.78, 5) is 28.3. The van der Waals surface area contributed by atoms with Crippen LogP contribution in [0.15, 0.2) is 22.8 Å². The van der Waals surface area contributed by atoms with Crippen molar-refractivity contribution >= 4 is 27.8 Å². The molecule has 7 heteroatoms. The van der Waals surface area contributed by atoms with E-state index < -0.39 is 24.0 Å². The fourth-order valence-electron chi connectivity index (χ4n) is 1.95. The van der Waals surface area contributed by atoms with Crippen LogP contribution in [0.25, 0.3) is 0 Å². The maximum Gasteiger partial charge on any atom is 0.326 e. The minimum atomic E-state index is -1.12. The molecule has 0 saturated carbocycles. The predicted molar refractivity (Wildman–Crippen MR) is 65.0 cm³/mol. The molecule has 0 spiro atoms. The molecular weight excluding hydrogens is 304 g/mol. The third-order valence-corrected chi connectivity index (χ3v) is 3.20. The second kappa shape index (κ2) is 5.03. The Labute approximate surface area is 111 Å². The minimum absolute atomic E-state index is 0.0179. The number of carbonyl (C=O) groups is 2. The Morgan fingerprint density at radius 2 is 2.17 bits per heavy atom. The molecule has 1 unspecified atom stereocenters. The zero-order valence-electron chi connectivity index (χ0n) is 9.28. The van der Waals surface area contributed by atoms with Crippen molar-refractivity contribution in [3.8, 4) is 0 Å². The molecule has 6 nitrogen and oxygen atoms in total. The van der Waals surface area contributed by atoms with E-state index in [0.29, 0.717) is 4.60 Å². The number of likely N-dealkylation sites (tertiary alicyclic amines) is 1.